The second-order valence-electron chi connectivity index (χ2n) is 6.99. The van der Waals surface area contributed by atoms with Gasteiger partial charge in [-0.05, 0) is 44.7 Å². The number of nitrogens with one attached hydrogen (secondary N) is 1. The zero-order valence-electron chi connectivity index (χ0n) is 14.1. The molecule has 1 aliphatic carbocycles. The Morgan fingerprint density at radius 2 is 2.14 bits per heavy atom. The third-order valence-electron chi connectivity index (χ3n) is 4.79. The Hall–Kier alpha value is -0.450. The van der Waals surface area contributed by atoms with Gasteiger partial charge in [0.25, 0.3) is 0 Å². The number of nitrogens with zero attached hydrogens (tertiary/aromatic N) is 2. The predicted molar refractivity (Wildman–Crippen MR) is 91.8 cm³/mol. The summed E-state index contributed by atoms with van der Waals surface area (Å²) in [5, 5.41) is 6.98. The van der Waals surface area contributed by atoms with Crippen LogP contribution in [-0.2, 0) is 6.54 Å². The fourth-order valence-corrected chi connectivity index (χ4v) is 4.15. The summed E-state index contributed by atoms with van der Waals surface area (Å²) in [4.78, 5) is 7.08. The van der Waals surface area contributed by atoms with Gasteiger partial charge in [0.2, 0.25) is 0 Å². The first-order chi connectivity index (χ1) is 10.0. The minimum absolute atomic E-state index is 0.461. The van der Waals surface area contributed by atoms with Crippen LogP contribution < -0.4 is 5.32 Å². The van der Waals surface area contributed by atoms with Crippen LogP contribution in [-0.4, -0.2) is 36.6 Å². The Balaban J connectivity index is 1.93. The van der Waals surface area contributed by atoms with Gasteiger partial charge >= 0.3 is 0 Å². The molecule has 0 amide bonds. The number of aromatic nitrogens is 1. The van der Waals surface area contributed by atoms with Crippen LogP contribution in [0.5, 0.6) is 0 Å². The molecule has 0 bridgehead atoms. The van der Waals surface area contributed by atoms with Gasteiger partial charge in [0.15, 0.2) is 0 Å². The molecule has 1 fully saturated rings. The molecule has 1 saturated carbocycles. The topological polar surface area (TPSA) is 28.2 Å². The number of aryl methyl sites for hydroxylation is 1. The molecule has 0 spiro atoms. The summed E-state index contributed by atoms with van der Waals surface area (Å²) < 4.78 is 0. The molecule has 3 nitrogen and oxygen atoms in total. The SMILES string of the molecule is CCNCC1(CN(C)Cc2csc(C)n2)CCC(C)CC1. The van der Waals surface area contributed by atoms with Crippen molar-refractivity contribution in [2.45, 2.75) is 53.0 Å². The van der Waals surface area contributed by atoms with E-state index >= 15 is 0 Å². The molecule has 21 heavy (non-hydrogen) atoms. The largest absolute Gasteiger partial charge is 0.316 e. The first kappa shape index (κ1) is 16.9. The highest BCUT2D eigenvalue weighted by Gasteiger charge is 2.34. The van der Waals surface area contributed by atoms with Gasteiger partial charge in [0.05, 0.1) is 10.7 Å². The second kappa shape index (κ2) is 7.70. The van der Waals surface area contributed by atoms with Gasteiger partial charge in [0, 0.05) is 25.0 Å². The monoisotopic (exact) mass is 309 g/mol. The summed E-state index contributed by atoms with van der Waals surface area (Å²) in [6.45, 7) is 11.1. The van der Waals surface area contributed by atoms with Crippen LogP contribution in [0.4, 0.5) is 0 Å². The molecule has 1 aliphatic rings. The van der Waals surface area contributed by atoms with Crippen molar-refractivity contribution in [2.24, 2.45) is 11.3 Å². The molecule has 0 aliphatic heterocycles. The van der Waals surface area contributed by atoms with E-state index in [2.05, 4.69) is 48.4 Å². The molecule has 0 radical (unpaired) electrons. The molecule has 4 heteroatoms. The Morgan fingerprint density at radius 3 is 2.71 bits per heavy atom. The van der Waals surface area contributed by atoms with Crippen molar-refractivity contribution >= 4 is 11.3 Å². The molecule has 1 N–H and O–H groups in total. The van der Waals surface area contributed by atoms with Crippen LogP contribution in [0.3, 0.4) is 0 Å². The third kappa shape index (κ3) is 5.04. The van der Waals surface area contributed by atoms with Crippen molar-refractivity contribution in [3.63, 3.8) is 0 Å². The Labute approximate surface area is 134 Å². The highest BCUT2D eigenvalue weighted by atomic mass is 32.1. The minimum Gasteiger partial charge on any atom is -0.316 e. The molecule has 0 unspecified atom stereocenters. The number of hydrogen-bond acceptors (Lipinski definition) is 4. The van der Waals surface area contributed by atoms with E-state index in [1.807, 2.05) is 0 Å². The molecule has 0 atom stereocenters. The summed E-state index contributed by atoms with van der Waals surface area (Å²) in [6.07, 6.45) is 5.49. The molecule has 1 heterocycles. The maximum absolute atomic E-state index is 4.60. The van der Waals surface area contributed by atoms with Crippen molar-refractivity contribution in [3.05, 3.63) is 16.1 Å². The summed E-state index contributed by atoms with van der Waals surface area (Å²) in [5.41, 5.74) is 1.69. The van der Waals surface area contributed by atoms with Gasteiger partial charge in [0.1, 0.15) is 0 Å². The van der Waals surface area contributed by atoms with Crippen molar-refractivity contribution in [2.75, 3.05) is 26.7 Å². The van der Waals surface area contributed by atoms with Crippen LogP contribution in [0.25, 0.3) is 0 Å². The Morgan fingerprint density at radius 1 is 1.43 bits per heavy atom. The van der Waals surface area contributed by atoms with E-state index in [-0.39, 0.29) is 0 Å². The highest BCUT2D eigenvalue weighted by molar-refractivity contribution is 7.09. The quantitative estimate of drug-likeness (QED) is 0.832. The van der Waals surface area contributed by atoms with E-state index in [9.17, 15) is 0 Å². The summed E-state index contributed by atoms with van der Waals surface area (Å²) in [5.74, 6) is 0.909. The summed E-state index contributed by atoms with van der Waals surface area (Å²) in [7, 11) is 2.25. The van der Waals surface area contributed by atoms with Crippen molar-refractivity contribution in [1.82, 2.24) is 15.2 Å². The smallest absolute Gasteiger partial charge is 0.0897 e. The second-order valence-corrected chi connectivity index (χ2v) is 8.06. The summed E-state index contributed by atoms with van der Waals surface area (Å²) >= 11 is 1.76. The maximum Gasteiger partial charge on any atom is 0.0897 e. The Bertz CT molecular complexity index is 416. The number of thiazole rings is 1. The van der Waals surface area contributed by atoms with Crippen molar-refractivity contribution in [1.29, 1.82) is 0 Å². The number of rotatable bonds is 7. The van der Waals surface area contributed by atoms with Crippen molar-refractivity contribution in [3.8, 4) is 0 Å². The average Bonchev–Trinajstić information content (AvgIpc) is 2.85. The minimum atomic E-state index is 0.461. The van der Waals surface area contributed by atoms with E-state index in [0.717, 1.165) is 25.6 Å². The van der Waals surface area contributed by atoms with Crippen molar-refractivity contribution < 1.29 is 0 Å². The number of hydrogen-bond donors (Lipinski definition) is 1. The highest BCUT2D eigenvalue weighted by Crippen LogP contribution is 2.39. The third-order valence-corrected chi connectivity index (χ3v) is 5.61. The van der Waals surface area contributed by atoms with Gasteiger partial charge in [-0.2, -0.15) is 0 Å². The van der Waals surface area contributed by atoms with Gasteiger partial charge in [-0.15, -0.1) is 11.3 Å². The van der Waals surface area contributed by atoms with Gasteiger partial charge in [-0.25, -0.2) is 4.98 Å². The lowest BCUT2D eigenvalue weighted by molar-refractivity contribution is 0.0959. The van der Waals surface area contributed by atoms with Crippen LogP contribution in [0, 0.1) is 18.3 Å². The van der Waals surface area contributed by atoms with Gasteiger partial charge in [-0.3, -0.25) is 4.90 Å². The maximum atomic E-state index is 4.60. The Kier molecular flexibility index (Phi) is 6.20. The molecule has 0 aromatic carbocycles. The zero-order valence-corrected chi connectivity index (χ0v) is 14.9. The van der Waals surface area contributed by atoms with E-state index in [1.165, 1.54) is 42.9 Å². The lowest BCUT2D eigenvalue weighted by atomic mass is 9.70. The van der Waals surface area contributed by atoms with Crippen LogP contribution in [0.2, 0.25) is 0 Å². The van der Waals surface area contributed by atoms with Gasteiger partial charge < -0.3 is 5.32 Å². The predicted octanol–water partition coefficient (Wildman–Crippen LogP) is 3.69. The fourth-order valence-electron chi connectivity index (χ4n) is 3.54. The molecule has 1 aromatic rings. The van der Waals surface area contributed by atoms with E-state index < -0.39 is 0 Å². The molecule has 120 valence electrons. The summed E-state index contributed by atoms with van der Waals surface area (Å²) in [6, 6.07) is 0. The first-order valence-electron chi connectivity index (χ1n) is 8.33. The van der Waals surface area contributed by atoms with Crippen LogP contribution in [0.1, 0.15) is 50.2 Å². The van der Waals surface area contributed by atoms with E-state index in [0.29, 0.717) is 5.41 Å². The van der Waals surface area contributed by atoms with E-state index in [1.54, 1.807) is 11.3 Å². The average molecular weight is 310 g/mol. The normalized spacial score (nSPS) is 26.4. The molecule has 1 aromatic heterocycles. The standard InChI is InChI=1S/C17H31N3S/c1-5-18-12-17(8-6-14(2)7-9-17)13-20(4)10-16-11-21-15(3)19-16/h11,14,18H,5-10,12-13H2,1-4H3. The molecule has 0 saturated heterocycles. The van der Waals surface area contributed by atoms with Crippen LogP contribution >= 0.6 is 11.3 Å². The molecular weight excluding hydrogens is 278 g/mol. The zero-order chi connectivity index (χ0) is 15.3. The lowest BCUT2D eigenvalue weighted by Crippen LogP contribution is -2.45. The molecule has 2 rings (SSSR count). The van der Waals surface area contributed by atoms with Crippen LogP contribution in [0.15, 0.2) is 5.38 Å². The van der Waals surface area contributed by atoms with Gasteiger partial charge in [-0.1, -0.05) is 26.7 Å². The fraction of sp³-hybridized carbons (Fsp3) is 0.824. The lowest BCUT2D eigenvalue weighted by Gasteiger charge is -2.42. The first-order valence-corrected chi connectivity index (χ1v) is 9.21. The van der Waals surface area contributed by atoms with E-state index in [4.69, 9.17) is 0 Å². The molecular formula is C17H31N3S.